The Hall–Kier alpha value is -0.850. The first-order chi connectivity index (χ1) is 6.02. The molecular formula is C12H19N. The van der Waals surface area contributed by atoms with Crippen molar-refractivity contribution in [1.82, 2.24) is 4.98 Å². The number of rotatable bonds is 2. The maximum atomic E-state index is 4.42. The first kappa shape index (κ1) is 10.2. The second kappa shape index (κ2) is 3.91. The molecule has 0 saturated heterocycles. The molecule has 1 nitrogen and oxygen atoms in total. The lowest BCUT2D eigenvalue weighted by Gasteiger charge is -2.12. The summed E-state index contributed by atoms with van der Waals surface area (Å²) in [6.07, 6.45) is 1.99. The Bertz CT molecular complexity index is 287. The van der Waals surface area contributed by atoms with Gasteiger partial charge in [-0.3, -0.25) is 4.98 Å². The van der Waals surface area contributed by atoms with Crippen molar-refractivity contribution in [2.75, 3.05) is 0 Å². The Morgan fingerprint density at radius 2 is 1.69 bits per heavy atom. The largest absolute Gasteiger partial charge is 0.261 e. The van der Waals surface area contributed by atoms with Gasteiger partial charge in [0.2, 0.25) is 0 Å². The lowest BCUT2D eigenvalue weighted by molar-refractivity contribution is 0.793. The van der Waals surface area contributed by atoms with Crippen molar-refractivity contribution in [2.45, 2.75) is 46.5 Å². The molecule has 0 atom stereocenters. The number of nitrogens with zero attached hydrogens (tertiary/aromatic N) is 1. The molecule has 0 saturated carbocycles. The summed E-state index contributed by atoms with van der Waals surface area (Å²) in [6.45, 7) is 11.0. The van der Waals surface area contributed by atoms with Crippen LogP contribution in [0.1, 0.15) is 56.4 Å². The van der Waals surface area contributed by atoms with Crippen molar-refractivity contribution < 1.29 is 0 Å². The van der Waals surface area contributed by atoms with Crippen LogP contribution in [0.15, 0.2) is 12.3 Å². The van der Waals surface area contributed by atoms with Crippen LogP contribution in [0.2, 0.25) is 0 Å². The molecule has 0 aliphatic heterocycles. The van der Waals surface area contributed by atoms with Gasteiger partial charge in [-0.2, -0.15) is 0 Å². The molecule has 1 heterocycles. The van der Waals surface area contributed by atoms with E-state index in [1.807, 2.05) is 6.20 Å². The van der Waals surface area contributed by atoms with Gasteiger partial charge in [0.05, 0.1) is 0 Å². The molecule has 0 radical (unpaired) electrons. The number of aromatic nitrogens is 1. The molecule has 1 aromatic rings. The fourth-order valence-electron chi connectivity index (χ4n) is 1.49. The van der Waals surface area contributed by atoms with Gasteiger partial charge in [0.25, 0.3) is 0 Å². The van der Waals surface area contributed by atoms with Crippen LogP contribution in [0, 0.1) is 6.92 Å². The zero-order valence-electron chi connectivity index (χ0n) is 9.26. The summed E-state index contributed by atoms with van der Waals surface area (Å²) in [7, 11) is 0. The summed E-state index contributed by atoms with van der Waals surface area (Å²) in [5, 5.41) is 0. The van der Waals surface area contributed by atoms with Crippen molar-refractivity contribution in [2.24, 2.45) is 0 Å². The van der Waals surface area contributed by atoms with Crippen molar-refractivity contribution >= 4 is 0 Å². The predicted octanol–water partition coefficient (Wildman–Crippen LogP) is 3.64. The normalized spacial score (nSPS) is 11.3. The summed E-state index contributed by atoms with van der Waals surface area (Å²) >= 11 is 0. The van der Waals surface area contributed by atoms with Crippen LogP contribution < -0.4 is 0 Å². The summed E-state index contributed by atoms with van der Waals surface area (Å²) < 4.78 is 0. The number of aryl methyl sites for hydroxylation is 1. The lowest BCUT2D eigenvalue weighted by atomic mass is 9.97. The third kappa shape index (κ3) is 2.30. The molecule has 0 aliphatic carbocycles. The van der Waals surface area contributed by atoms with E-state index in [1.54, 1.807) is 0 Å². The molecule has 0 unspecified atom stereocenters. The summed E-state index contributed by atoms with van der Waals surface area (Å²) in [5.74, 6) is 1.12. The highest BCUT2D eigenvalue weighted by Gasteiger charge is 2.07. The second-order valence-electron chi connectivity index (χ2n) is 4.28. The van der Waals surface area contributed by atoms with E-state index in [-0.39, 0.29) is 0 Å². The van der Waals surface area contributed by atoms with Crippen LogP contribution in [0.4, 0.5) is 0 Å². The molecule has 0 bridgehead atoms. The molecule has 1 rings (SSSR count). The highest BCUT2D eigenvalue weighted by molar-refractivity contribution is 5.29. The third-order valence-corrected chi connectivity index (χ3v) is 2.38. The van der Waals surface area contributed by atoms with Gasteiger partial charge in [-0.1, -0.05) is 27.7 Å². The van der Waals surface area contributed by atoms with Gasteiger partial charge >= 0.3 is 0 Å². The summed E-state index contributed by atoms with van der Waals surface area (Å²) in [4.78, 5) is 4.42. The second-order valence-corrected chi connectivity index (χ2v) is 4.28. The molecule has 1 aromatic heterocycles. The maximum Gasteiger partial charge on any atom is 0.0432 e. The van der Waals surface area contributed by atoms with Gasteiger partial charge in [-0.15, -0.1) is 0 Å². The van der Waals surface area contributed by atoms with Gasteiger partial charge in [0.1, 0.15) is 0 Å². The Balaban J connectivity index is 3.11. The maximum absolute atomic E-state index is 4.42. The SMILES string of the molecule is Cc1cnc(C(C)C)cc1C(C)C. The van der Waals surface area contributed by atoms with Gasteiger partial charge in [-0.25, -0.2) is 0 Å². The minimum absolute atomic E-state index is 0.526. The molecule has 0 spiro atoms. The standard InChI is InChI=1S/C12H19N/c1-8(2)11-6-12(9(3)4)13-7-10(11)5/h6-9H,1-5H3. The van der Waals surface area contributed by atoms with Crippen LogP contribution in [-0.4, -0.2) is 4.98 Å². The van der Waals surface area contributed by atoms with Gasteiger partial charge < -0.3 is 0 Å². The molecule has 0 fully saturated rings. The Labute approximate surface area is 81.2 Å². The number of hydrogen-bond acceptors (Lipinski definition) is 1. The lowest BCUT2D eigenvalue weighted by Crippen LogP contribution is -1.99. The highest BCUT2D eigenvalue weighted by atomic mass is 14.7. The molecular weight excluding hydrogens is 158 g/mol. The molecule has 1 heteroatoms. The van der Waals surface area contributed by atoms with Crippen molar-refractivity contribution in [3.8, 4) is 0 Å². The fourth-order valence-corrected chi connectivity index (χ4v) is 1.49. The average Bonchev–Trinajstić information content (AvgIpc) is 2.04. The van der Waals surface area contributed by atoms with E-state index in [9.17, 15) is 0 Å². The predicted molar refractivity (Wildman–Crippen MR) is 57.2 cm³/mol. The van der Waals surface area contributed by atoms with Crippen molar-refractivity contribution in [3.05, 3.63) is 29.1 Å². The van der Waals surface area contributed by atoms with E-state index < -0.39 is 0 Å². The highest BCUT2D eigenvalue weighted by Crippen LogP contribution is 2.21. The van der Waals surface area contributed by atoms with Crippen LogP contribution in [0.5, 0.6) is 0 Å². The number of pyridine rings is 1. The average molecular weight is 177 g/mol. The van der Waals surface area contributed by atoms with Crippen molar-refractivity contribution in [1.29, 1.82) is 0 Å². The molecule has 0 N–H and O–H groups in total. The fraction of sp³-hybridized carbons (Fsp3) is 0.583. The van der Waals surface area contributed by atoms with Crippen LogP contribution in [0.3, 0.4) is 0 Å². The van der Waals surface area contributed by atoms with E-state index in [0.29, 0.717) is 11.8 Å². The van der Waals surface area contributed by atoms with Crippen LogP contribution in [-0.2, 0) is 0 Å². The Morgan fingerprint density at radius 3 is 2.15 bits per heavy atom. The minimum atomic E-state index is 0.526. The van der Waals surface area contributed by atoms with E-state index in [1.165, 1.54) is 16.8 Å². The minimum Gasteiger partial charge on any atom is -0.261 e. The quantitative estimate of drug-likeness (QED) is 0.672. The molecule has 0 amide bonds. The van der Waals surface area contributed by atoms with Gasteiger partial charge in [-0.05, 0) is 36.0 Å². The first-order valence-electron chi connectivity index (χ1n) is 4.98. The van der Waals surface area contributed by atoms with Crippen LogP contribution >= 0.6 is 0 Å². The van der Waals surface area contributed by atoms with Crippen molar-refractivity contribution in [3.63, 3.8) is 0 Å². The Morgan fingerprint density at radius 1 is 1.08 bits per heavy atom. The molecule has 13 heavy (non-hydrogen) atoms. The topological polar surface area (TPSA) is 12.9 Å². The zero-order chi connectivity index (χ0) is 10.0. The zero-order valence-corrected chi connectivity index (χ0v) is 9.26. The number of hydrogen-bond donors (Lipinski definition) is 0. The van der Waals surface area contributed by atoms with E-state index in [4.69, 9.17) is 0 Å². The van der Waals surface area contributed by atoms with E-state index in [0.717, 1.165) is 0 Å². The Kier molecular flexibility index (Phi) is 3.07. The molecule has 72 valence electrons. The summed E-state index contributed by atoms with van der Waals surface area (Å²) in [6, 6.07) is 2.24. The molecule has 0 aromatic carbocycles. The first-order valence-corrected chi connectivity index (χ1v) is 4.98. The van der Waals surface area contributed by atoms with Crippen LogP contribution in [0.25, 0.3) is 0 Å². The monoisotopic (exact) mass is 177 g/mol. The third-order valence-electron chi connectivity index (χ3n) is 2.38. The van der Waals surface area contributed by atoms with Gasteiger partial charge in [0.15, 0.2) is 0 Å². The molecule has 0 aliphatic rings. The summed E-state index contributed by atoms with van der Waals surface area (Å²) in [5.41, 5.74) is 3.94. The van der Waals surface area contributed by atoms with E-state index >= 15 is 0 Å². The smallest absolute Gasteiger partial charge is 0.0432 e. The van der Waals surface area contributed by atoms with E-state index in [2.05, 4.69) is 45.7 Å². The van der Waals surface area contributed by atoms with Gasteiger partial charge in [0, 0.05) is 11.9 Å².